The van der Waals surface area contributed by atoms with E-state index in [1.807, 2.05) is 6.07 Å². The third kappa shape index (κ3) is 5.29. The van der Waals surface area contributed by atoms with Gasteiger partial charge >= 0.3 is 12.1 Å². The number of fused-ring (bicyclic) bond motifs is 1. The molecule has 1 amide bonds. The number of nitrogens with zero attached hydrogens (tertiary/aromatic N) is 4. The van der Waals surface area contributed by atoms with Crippen molar-refractivity contribution in [1.82, 2.24) is 19.5 Å². The van der Waals surface area contributed by atoms with Gasteiger partial charge in [-0.2, -0.15) is 5.26 Å². The van der Waals surface area contributed by atoms with Crippen molar-refractivity contribution in [2.75, 3.05) is 0 Å². The highest BCUT2D eigenvalue weighted by Crippen LogP contribution is 2.36. The van der Waals surface area contributed by atoms with Crippen LogP contribution in [0.2, 0.25) is 0 Å². The molecule has 0 saturated heterocycles. The lowest BCUT2D eigenvalue weighted by molar-refractivity contribution is -0.275. The van der Waals surface area contributed by atoms with Crippen molar-refractivity contribution < 1.29 is 31.1 Å². The number of halogens is 3. The summed E-state index contributed by atoms with van der Waals surface area (Å²) in [6, 6.07) is 7.84. The Morgan fingerprint density at radius 3 is 2.66 bits per heavy atom. The summed E-state index contributed by atoms with van der Waals surface area (Å²) < 4.78 is 69.8. The van der Waals surface area contributed by atoms with Crippen LogP contribution in [0.15, 0.2) is 46.2 Å². The number of rotatable bonds is 8. The first-order valence-electron chi connectivity index (χ1n) is 10.4. The minimum Gasteiger partial charge on any atom is -0.405 e. The fourth-order valence-corrected chi connectivity index (χ4v) is 5.05. The molecular weight excluding hydrogens is 491 g/mol. The van der Waals surface area contributed by atoms with Gasteiger partial charge in [-0.3, -0.25) is 4.79 Å². The Morgan fingerprint density at radius 1 is 1.26 bits per heavy atom. The molecule has 0 spiro atoms. The molecule has 1 fully saturated rings. The summed E-state index contributed by atoms with van der Waals surface area (Å²) in [6.07, 6.45) is -2.89. The number of alkyl halides is 3. The van der Waals surface area contributed by atoms with Crippen LogP contribution in [-0.4, -0.2) is 40.1 Å². The summed E-state index contributed by atoms with van der Waals surface area (Å²) in [5.41, 5.74) is -0.366. The Labute approximate surface area is 196 Å². The molecule has 35 heavy (non-hydrogen) atoms. The van der Waals surface area contributed by atoms with Gasteiger partial charge in [-0.15, -0.1) is 18.3 Å². The number of benzene rings is 1. The average molecular weight is 509 g/mol. The van der Waals surface area contributed by atoms with Crippen LogP contribution in [0.5, 0.6) is 5.75 Å². The van der Waals surface area contributed by atoms with Crippen molar-refractivity contribution in [3.63, 3.8) is 0 Å². The maximum Gasteiger partial charge on any atom is 0.573 e. The second-order valence-corrected chi connectivity index (χ2v) is 10.0. The molecule has 0 aliphatic heterocycles. The molecule has 14 heteroatoms. The number of aromatic nitrogens is 3. The van der Waals surface area contributed by atoms with Crippen molar-refractivity contribution in [2.45, 2.75) is 48.9 Å². The molecule has 1 N–H and O–H groups in total. The normalized spacial score (nSPS) is 14.0. The highest BCUT2D eigenvalue weighted by atomic mass is 32.2. The van der Waals surface area contributed by atoms with E-state index in [2.05, 4.69) is 15.2 Å². The summed E-state index contributed by atoms with van der Waals surface area (Å²) in [7, 11) is -3.76. The maximum atomic E-state index is 12.9. The van der Waals surface area contributed by atoms with Gasteiger partial charge in [0.15, 0.2) is 15.5 Å². The Bertz CT molecular complexity index is 1500. The first-order valence-corrected chi connectivity index (χ1v) is 11.9. The number of sulfone groups is 1. The molecule has 0 bridgehead atoms. The number of ether oxygens (including phenoxy) is 1. The minimum atomic E-state index is -5.07. The fourth-order valence-electron chi connectivity index (χ4n) is 3.38. The topological polar surface area (TPSA) is 136 Å². The SMILES string of the molecule is N#CCCn1nc2ccc(C(=O)NCc3ccc(S(=O)(=O)C4CC4)cc3OC(F)(F)F)cn2c1=O. The number of pyridine rings is 1. The second-order valence-electron chi connectivity index (χ2n) is 7.80. The van der Waals surface area contributed by atoms with Gasteiger partial charge in [-0.25, -0.2) is 22.3 Å². The molecule has 1 aliphatic carbocycles. The number of nitrogens with one attached hydrogen (secondary N) is 1. The van der Waals surface area contributed by atoms with Gasteiger partial charge < -0.3 is 10.1 Å². The molecule has 10 nitrogen and oxygen atoms in total. The lowest BCUT2D eigenvalue weighted by Gasteiger charge is -2.15. The number of carbonyl (C=O) groups excluding carboxylic acids is 1. The molecule has 184 valence electrons. The van der Waals surface area contributed by atoms with E-state index in [-0.39, 0.29) is 34.6 Å². The lowest BCUT2D eigenvalue weighted by atomic mass is 10.2. The van der Waals surface area contributed by atoms with E-state index in [0.717, 1.165) is 21.2 Å². The van der Waals surface area contributed by atoms with E-state index in [1.54, 1.807) is 0 Å². The molecule has 0 unspecified atom stereocenters. The van der Waals surface area contributed by atoms with Crippen LogP contribution in [0.3, 0.4) is 0 Å². The molecule has 0 radical (unpaired) electrons. The van der Waals surface area contributed by atoms with E-state index >= 15 is 0 Å². The van der Waals surface area contributed by atoms with Crippen LogP contribution in [0.4, 0.5) is 13.2 Å². The average Bonchev–Trinajstić information content (AvgIpc) is 3.61. The van der Waals surface area contributed by atoms with Gasteiger partial charge in [0.2, 0.25) is 0 Å². The number of hydrogen-bond acceptors (Lipinski definition) is 7. The zero-order valence-electron chi connectivity index (χ0n) is 17.9. The molecule has 3 aromatic rings. The Balaban J connectivity index is 1.56. The quantitative estimate of drug-likeness (QED) is 0.492. The molecule has 1 aromatic carbocycles. The summed E-state index contributed by atoms with van der Waals surface area (Å²) >= 11 is 0. The molecule has 0 atom stereocenters. The van der Waals surface area contributed by atoms with Gasteiger partial charge in [-0.05, 0) is 37.1 Å². The number of carbonyl (C=O) groups is 1. The summed E-state index contributed by atoms with van der Waals surface area (Å²) in [4.78, 5) is 24.7. The van der Waals surface area contributed by atoms with Crippen LogP contribution in [-0.2, 0) is 22.9 Å². The highest BCUT2D eigenvalue weighted by molar-refractivity contribution is 7.92. The number of amides is 1. The number of nitriles is 1. The molecule has 2 heterocycles. The first kappa shape index (κ1) is 24.3. The van der Waals surface area contributed by atoms with Crippen molar-refractivity contribution in [3.05, 3.63) is 58.1 Å². The van der Waals surface area contributed by atoms with Crippen LogP contribution < -0.4 is 15.7 Å². The largest absolute Gasteiger partial charge is 0.573 e. The number of aryl methyl sites for hydroxylation is 1. The van der Waals surface area contributed by atoms with Gasteiger partial charge in [0, 0.05) is 18.3 Å². The number of hydrogen-bond donors (Lipinski definition) is 1. The van der Waals surface area contributed by atoms with Crippen LogP contribution in [0.1, 0.15) is 35.2 Å². The standard InChI is InChI=1S/C21H18F3N5O5S/c22-21(23,24)34-17-10-16(35(32,33)15-5-6-15)4-2-13(17)11-26-19(30)14-3-7-18-27-29(9-1-8-25)20(31)28(18)12-14/h2-4,7,10,12,15H,1,5-6,9,11H2,(H,26,30). The van der Waals surface area contributed by atoms with E-state index in [1.165, 1.54) is 24.4 Å². The van der Waals surface area contributed by atoms with Crippen LogP contribution in [0, 0.1) is 11.3 Å². The van der Waals surface area contributed by atoms with Crippen molar-refractivity contribution in [3.8, 4) is 11.8 Å². The van der Waals surface area contributed by atoms with Crippen molar-refractivity contribution in [2.24, 2.45) is 0 Å². The van der Waals surface area contributed by atoms with Gasteiger partial charge in [-0.1, -0.05) is 6.07 Å². The smallest absolute Gasteiger partial charge is 0.405 e. The van der Waals surface area contributed by atoms with E-state index < -0.39 is 45.3 Å². The zero-order chi connectivity index (χ0) is 25.4. The zero-order valence-corrected chi connectivity index (χ0v) is 18.8. The lowest BCUT2D eigenvalue weighted by Crippen LogP contribution is -2.26. The molecule has 1 saturated carbocycles. The van der Waals surface area contributed by atoms with Crippen LogP contribution >= 0.6 is 0 Å². The van der Waals surface area contributed by atoms with Gasteiger partial charge in [0.1, 0.15) is 5.75 Å². The Kier molecular flexibility index (Phi) is 6.28. The molecule has 1 aliphatic rings. The van der Waals surface area contributed by atoms with E-state index in [9.17, 15) is 31.2 Å². The van der Waals surface area contributed by atoms with Crippen molar-refractivity contribution >= 4 is 21.4 Å². The highest BCUT2D eigenvalue weighted by Gasteiger charge is 2.38. The predicted molar refractivity (Wildman–Crippen MR) is 114 cm³/mol. The molecule has 2 aromatic heterocycles. The van der Waals surface area contributed by atoms with E-state index in [0.29, 0.717) is 12.8 Å². The summed E-state index contributed by atoms with van der Waals surface area (Å²) in [6.45, 7) is -0.324. The Hall–Kier alpha value is -3.86. The molecule has 4 rings (SSSR count). The van der Waals surface area contributed by atoms with Gasteiger partial charge in [0.05, 0.1) is 34.7 Å². The van der Waals surface area contributed by atoms with E-state index in [4.69, 9.17) is 5.26 Å². The Morgan fingerprint density at radius 2 is 2.00 bits per heavy atom. The predicted octanol–water partition coefficient (Wildman–Crippen LogP) is 2.17. The summed E-state index contributed by atoms with van der Waals surface area (Å²) in [5, 5.41) is 14.5. The van der Waals surface area contributed by atoms with Crippen LogP contribution in [0.25, 0.3) is 5.65 Å². The molecular formula is C21H18F3N5O5S. The summed E-state index contributed by atoms with van der Waals surface area (Å²) in [5.74, 6) is -1.43. The minimum absolute atomic E-state index is 0.0330. The van der Waals surface area contributed by atoms with Gasteiger partial charge in [0.25, 0.3) is 5.91 Å². The maximum absolute atomic E-state index is 12.9. The monoisotopic (exact) mass is 509 g/mol. The third-order valence-corrected chi connectivity index (χ3v) is 7.53. The second kappa shape index (κ2) is 9.06. The fraction of sp³-hybridized carbons (Fsp3) is 0.333. The first-order chi connectivity index (χ1) is 16.5. The third-order valence-electron chi connectivity index (χ3n) is 5.27. The van der Waals surface area contributed by atoms with Crippen molar-refractivity contribution in [1.29, 1.82) is 5.26 Å².